The van der Waals surface area contributed by atoms with Crippen LogP contribution >= 0.6 is 35.7 Å². The summed E-state index contributed by atoms with van der Waals surface area (Å²) >= 11 is 2.03. The normalized spacial score (nSPS) is 16.4. The first-order valence-electron chi connectivity index (χ1n) is 9.25. The molecule has 8 heteroatoms. The van der Waals surface area contributed by atoms with Gasteiger partial charge in [0.15, 0.2) is 5.96 Å². The Morgan fingerprint density at radius 3 is 2.89 bits per heavy atom. The van der Waals surface area contributed by atoms with E-state index in [1.54, 1.807) is 24.4 Å². The van der Waals surface area contributed by atoms with E-state index >= 15 is 0 Å². The van der Waals surface area contributed by atoms with E-state index < -0.39 is 0 Å². The van der Waals surface area contributed by atoms with Crippen LogP contribution in [0.1, 0.15) is 25.3 Å². The third kappa shape index (κ3) is 7.46. The SMILES string of the molecule is CCNC(=NCc1ccc(Oc2cccc(F)c2)nc1)NCC1CCCS1.I. The molecule has 1 aliphatic rings. The van der Waals surface area contributed by atoms with E-state index in [9.17, 15) is 4.39 Å². The number of hydrogen-bond donors (Lipinski definition) is 2. The van der Waals surface area contributed by atoms with Gasteiger partial charge in [-0.25, -0.2) is 14.4 Å². The van der Waals surface area contributed by atoms with Crippen molar-refractivity contribution in [2.45, 2.75) is 31.6 Å². The molecule has 28 heavy (non-hydrogen) atoms. The molecule has 152 valence electrons. The van der Waals surface area contributed by atoms with Gasteiger partial charge in [-0.1, -0.05) is 12.1 Å². The summed E-state index contributed by atoms with van der Waals surface area (Å²) in [5, 5.41) is 7.37. The monoisotopic (exact) mass is 516 g/mol. The molecule has 0 aliphatic carbocycles. The van der Waals surface area contributed by atoms with Gasteiger partial charge in [0.2, 0.25) is 5.88 Å². The number of thioether (sulfide) groups is 1. The number of ether oxygens (including phenoxy) is 1. The first-order chi connectivity index (χ1) is 13.2. The maximum Gasteiger partial charge on any atom is 0.219 e. The van der Waals surface area contributed by atoms with Crippen molar-refractivity contribution in [2.24, 2.45) is 4.99 Å². The van der Waals surface area contributed by atoms with Crippen molar-refractivity contribution in [1.29, 1.82) is 0 Å². The van der Waals surface area contributed by atoms with Crippen molar-refractivity contribution in [3.8, 4) is 11.6 Å². The Morgan fingerprint density at radius 1 is 1.32 bits per heavy atom. The van der Waals surface area contributed by atoms with E-state index in [1.165, 1.54) is 30.7 Å². The maximum atomic E-state index is 13.2. The van der Waals surface area contributed by atoms with Gasteiger partial charge in [0.25, 0.3) is 0 Å². The summed E-state index contributed by atoms with van der Waals surface area (Å²) in [5.74, 6) is 2.60. The lowest BCUT2D eigenvalue weighted by molar-refractivity contribution is 0.457. The minimum atomic E-state index is -0.335. The number of halogens is 2. The van der Waals surface area contributed by atoms with Crippen LogP contribution in [-0.4, -0.2) is 35.0 Å². The zero-order valence-electron chi connectivity index (χ0n) is 15.9. The largest absolute Gasteiger partial charge is 0.439 e. The maximum absolute atomic E-state index is 13.2. The van der Waals surface area contributed by atoms with Crippen LogP contribution in [0.4, 0.5) is 4.39 Å². The van der Waals surface area contributed by atoms with Crippen LogP contribution in [0.2, 0.25) is 0 Å². The molecular formula is C20H26FIN4OS. The first-order valence-corrected chi connectivity index (χ1v) is 10.3. The van der Waals surface area contributed by atoms with E-state index in [1.807, 2.05) is 17.8 Å². The average Bonchev–Trinajstić information content (AvgIpc) is 3.19. The van der Waals surface area contributed by atoms with Crippen molar-refractivity contribution in [3.05, 3.63) is 54.0 Å². The lowest BCUT2D eigenvalue weighted by Crippen LogP contribution is -2.40. The second-order valence-corrected chi connectivity index (χ2v) is 7.68. The number of rotatable bonds is 7. The Bertz CT molecular complexity index is 754. The van der Waals surface area contributed by atoms with Gasteiger partial charge in [-0.2, -0.15) is 11.8 Å². The molecule has 0 bridgehead atoms. The van der Waals surface area contributed by atoms with E-state index in [4.69, 9.17) is 4.74 Å². The number of aliphatic imine (C=N–C) groups is 1. The third-order valence-corrected chi connectivity index (χ3v) is 5.50. The molecule has 0 saturated carbocycles. The molecular weight excluding hydrogens is 490 g/mol. The van der Waals surface area contributed by atoms with Crippen LogP contribution in [0.3, 0.4) is 0 Å². The number of benzene rings is 1. The van der Waals surface area contributed by atoms with Crippen LogP contribution in [0.25, 0.3) is 0 Å². The Labute approximate surface area is 187 Å². The number of nitrogens with zero attached hydrogens (tertiary/aromatic N) is 2. The molecule has 1 aliphatic heterocycles. The molecule has 2 aromatic rings. The number of pyridine rings is 1. The van der Waals surface area contributed by atoms with Crippen molar-refractivity contribution in [1.82, 2.24) is 15.6 Å². The van der Waals surface area contributed by atoms with Crippen LogP contribution in [0, 0.1) is 5.82 Å². The fourth-order valence-corrected chi connectivity index (χ4v) is 3.95. The van der Waals surface area contributed by atoms with E-state index in [2.05, 4.69) is 27.5 Å². The van der Waals surface area contributed by atoms with Crippen LogP contribution in [-0.2, 0) is 6.54 Å². The lowest BCUT2D eigenvalue weighted by atomic mass is 10.2. The topological polar surface area (TPSA) is 58.5 Å². The molecule has 2 N–H and O–H groups in total. The van der Waals surface area contributed by atoms with E-state index in [0.29, 0.717) is 23.4 Å². The van der Waals surface area contributed by atoms with Crippen molar-refractivity contribution in [2.75, 3.05) is 18.8 Å². The molecule has 3 rings (SSSR count). The second-order valence-electron chi connectivity index (χ2n) is 6.28. The standard InChI is InChI=1S/C20H25FN4OS.HI/c1-2-22-20(25-14-18-7-4-10-27-18)24-13-15-8-9-19(23-12-15)26-17-6-3-5-16(21)11-17;/h3,5-6,8-9,11-12,18H,2,4,7,10,13-14H2,1H3,(H2,22,24,25);1H. The molecule has 1 aromatic heterocycles. The van der Waals surface area contributed by atoms with Gasteiger partial charge >= 0.3 is 0 Å². The van der Waals surface area contributed by atoms with Crippen molar-refractivity contribution in [3.63, 3.8) is 0 Å². The number of aromatic nitrogens is 1. The molecule has 5 nitrogen and oxygen atoms in total. The Hall–Kier alpha value is -1.55. The first kappa shape index (κ1) is 22.7. The summed E-state index contributed by atoms with van der Waals surface area (Å²) in [6, 6.07) is 9.69. The van der Waals surface area contributed by atoms with Gasteiger partial charge < -0.3 is 15.4 Å². The Kier molecular flexibility index (Phi) is 9.83. The van der Waals surface area contributed by atoms with Crippen LogP contribution in [0.15, 0.2) is 47.6 Å². The molecule has 1 saturated heterocycles. The quantitative estimate of drug-likeness (QED) is 0.321. The van der Waals surface area contributed by atoms with Gasteiger partial charge in [0.05, 0.1) is 6.54 Å². The predicted molar refractivity (Wildman–Crippen MR) is 124 cm³/mol. The Balaban J connectivity index is 0.00000280. The van der Waals surface area contributed by atoms with Gasteiger partial charge in [-0.15, -0.1) is 24.0 Å². The Morgan fingerprint density at radius 2 is 2.21 bits per heavy atom. The minimum Gasteiger partial charge on any atom is -0.439 e. The van der Waals surface area contributed by atoms with Crippen LogP contribution in [0.5, 0.6) is 11.6 Å². The van der Waals surface area contributed by atoms with Gasteiger partial charge in [0.1, 0.15) is 11.6 Å². The molecule has 0 radical (unpaired) electrons. The zero-order valence-corrected chi connectivity index (χ0v) is 19.0. The second kappa shape index (κ2) is 12.1. The molecule has 1 aromatic carbocycles. The van der Waals surface area contributed by atoms with Crippen molar-refractivity contribution >= 4 is 41.7 Å². The fourth-order valence-electron chi connectivity index (χ4n) is 2.74. The van der Waals surface area contributed by atoms with Gasteiger partial charge in [-0.05, 0) is 43.2 Å². The highest BCUT2D eigenvalue weighted by Gasteiger charge is 2.15. The molecule has 1 unspecified atom stereocenters. The molecule has 2 heterocycles. The molecule has 0 amide bonds. The smallest absolute Gasteiger partial charge is 0.219 e. The third-order valence-electron chi connectivity index (χ3n) is 4.10. The lowest BCUT2D eigenvalue weighted by Gasteiger charge is -2.14. The highest BCUT2D eigenvalue weighted by Crippen LogP contribution is 2.25. The summed E-state index contributed by atoms with van der Waals surface area (Å²) in [7, 11) is 0. The van der Waals surface area contributed by atoms with Gasteiger partial charge in [-0.3, -0.25) is 0 Å². The molecule has 1 fully saturated rings. The number of guanidine groups is 1. The summed E-state index contributed by atoms with van der Waals surface area (Å²) in [6.45, 7) is 4.35. The average molecular weight is 516 g/mol. The van der Waals surface area contributed by atoms with Crippen LogP contribution < -0.4 is 15.4 Å². The van der Waals surface area contributed by atoms with Crippen molar-refractivity contribution < 1.29 is 9.13 Å². The summed E-state index contributed by atoms with van der Waals surface area (Å²) in [6.07, 6.45) is 4.31. The summed E-state index contributed by atoms with van der Waals surface area (Å²) in [5.41, 5.74) is 0.981. The number of hydrogen-bond acceptors (Lipinski definition) is 4. The predicted octanol–water partition coefficient (Wildman–Crippen LogP) is 4.58. The molecule has 1 atom stereocenters. The van der Waals surface area contributed by atoms with E-state index in [-0.39, 0.29) is 29.8 Å². The minimum absolute atomic E-state index is 0. The summed E-state index contributed by atoms with van der Waals surface area (Å²) in [4.78, 5) is 8.90. The highest BCUT2D eigenvalue weighted by molar-refractivity contribution is 14.0. The number of nitrogens with one attached hydrogen (secondary N) is 2. The fraction of sp³-hybridized carbons (Fsp3) is 0.400. The van der Waals surface area contributed by atoms with Gasteiger partial charge in [0, 0.05) is 36.7 Å². The zero-order chi connectivity index (χ0) is 18.9. The van der Waals surface area contributed by atoms with E-state index in [0.717, 1.165) is 24.6 Å². The molecule has 0 spiro atoms. The summed E-state index contributed by atoms with van der Waals surface area (Å²) < 4.78 is 18.8. The highest BCUT2D eigenvalue weighted by atomic mass is 127.